The average Bonchev–Trinajstić information content (AvgIpc) is 3.51. The molecular formula is C31H23ClF3N7O2. The summed E-state index contributed by atoms with van der Waals surface area (Å²) in [6, 6.07) is 12.9. The molecule has 6 rings (SSSR count). The molecule has 0 saturated carbocycles. The van der Waals surface area contributed by atoms with Gasteiger partial charge in [0.15, 0.2) is 0 Å². The van der Waals surface area contributed by atoms with Crippen LogP contribution >= 0.6 is 11.6 Å². The van der Waals surface area contributed by atoms with Crippen LogP contribution in [0.2, 0.25) is 5.02 Å². The number of benzene rings is 2. The summed E-state index contributed by atoms with van der Waals surface area (Å²) in [6.07, 6.45) is 2.51. The highest BCUT2D eigenvalue weighted by atomic mass is 35.5. The highest BCUT2D eigenvalue weighted by Crippen LogP contribution is 2.34. The molecule has 1 amide bonds. The molecule has 1 aliphatic heterocycles. The van der Waals surface area contributed by atoms with Gasteiger partial charge in [0.25, 0.3) is 17.9 Å². The van der Waals surface area contributed by atoms with Crippen LogP contribution in [0, 0.1) is 5.82 Å². The van der Waals surface area contributed by atoms with E-state index in [1.807, 2.05) is 0 Å². The summed E-state index contributed by atoms with van der Waals surface area (Å²) >= 11 is 6.25. The number of anilines is 1. The normalized spacial score (nSPS) is 15.3. The third-order valence-corrected chi connectivity index (χ3v) is 7.56. The van der Waals surface area contributed by atoms with Crippen molar-refractivity contribution in [2.45, 2.75) is 31.7 Å². The maximum Gasteiger partial charge on any atom is 0.283 e. The minimum Gasteiger partial charge on any atom is -0.322 e. The first-order chi connectivity index (χ1) is 21.2. The number of fused-ring (bicyclic) bond motifs is 4. The number of nitrogens with one attached hydrogen (secondary N) is 1. The van der Waals surface area contributed by atoms with Gasteiger partial charge in [0.05, 0.1) is 35.6 Å². The highest BCUT2D eigenvalue weighted by Gasteiger charge is 2.22. The van der Waals surface area contributed by atoms with E-state index >= 15 is 0 Å². The van der Waals surface area contributed by atoms with Crippen LogP contribution in [0.15, 0.2) is 90.3 Å². The van der Waals surface area contributed by atoms with Crippen molar-refractivity contribution in [2.24, 2.45) is 0 Å². The molecule has 0 unspecified atom stereocenters. The lowest BCUT2D eigenvalue weighted by Crippen LogP contribution is -2.26. The third kappa shape index (κ3) is 5.76. The molecule has 9 nitrogen and oxygen atoms in total. The zero-order chi connectivity index (χ0) is 31.0. The Kier molecular flexibility index (Phi) is 7.83. The lowest BCUT2D eigenvalue weighted by molar-refractivity contribution is -0.113. The maximum atomic E-state index is 14.3. The van der Waals surface area contributed by atoms with Crippen molar-refractivity contribution >= 4 is 23.2 Å². The molecule has 0 radical (unpaired) electrons. The predicted molar refractivity (Wildman–Crippen MR) is 158 cm³/mol. The second kappa shape index (κ2) is 11.9. The number of pyridine rings is 1. The molecule has 3 aromatic heterocycles. The minimum absolute atomic E-state index is 0.238. The Morgan fingerprint density at radius 3 is 2.64 bits per heavy atom. The topological polar surface area (TPSA) is 108 Å². The predicted octanol–water partition coefficient (Wildman–Crippen LogP) is 6.55. The van der Waals surface area contributed by atoms with E-state index in [9.17, 15) is 22.8 Å². The lowest BCUT2D eigenvalue weighted by atomic mass is 9.97. The number of nitrogens with zero attached hydrogens (tertiary/aromatic N) is 6. The van der Waals surface area contributed by atoms with E-state index in [4.69, 9.17) is 11.6 Å². The monoisotopic (exact) mass is 617 g/mol. The number of carbonyl (C=O) groups is 1. The quantitative estimate of drug-likeness (QED) is 0.229. The van der Waals surface area contributed by atoms with Crippen molar-refractivity contribution in [2.75, 3.05) is 5.32 Å². The van der Waals surface area contributed by atoms with Gasteiger partial charge in [-0.3, -0.25) is 19.1 Å². The number of carbonyl (C=O) groups excluding carboxylic acids is 1. The summed E-state index contributed by atoms with van der Waals surface area (Å²) in [5, 5.41) is 10.5. The number of hydrogen-bond acceptors (Lipinski definition) is 6. The lowest BCUT2D eigenvalue weighted by Gasteiger charge is -2.22. The van der Waals surface area contributed by atoms with E-state index in [2.05, 4.69) is 32.2 Å². The largest absolute Gasteiger partial charge is 0.322 e. The molecule has 0 fully saturated rings. The number of rotatable bonds is 4. The molecule has 0 spiro atoms. The smallest absolute Gasteiger partial charge is 0.283 e. The fourth-order valence-electron chi connectivity index (χ4n) is 5.12. The molecule has 4 heterocycles. The van der Waals surface area contributed by atoms with E-state index in [0.29, 0.717) is 63.6 Å². The van der Waals surface area contributed by atoms with Crippen LogP contribution in [0.5, 0.6) is 0 Å². The van der Waals surface area contributed by atoms with E-state index in [-0.39, 0.29) is 11.6 Å². The Hall–Kier alpha value is -5.10. The molecule has 1 aliphatic rings. The first-order valence-corrected chi connectivity index (χ1v) is 13.9. The van der Waals surface area contributed by atoms with Gasteiger partial charge in [-0.2, -0.15) is 0 Å². The summed E-state index contributed by atoms with van der Waals surface area (Å²) in [4.78, 5) is 35.6. The molecule has 2 aromatic carbocycles. The maximum absolute atomic E-state index is 14.3. The summed E-state index contributed by atoms with van der Waals surface area (Å²) in [5.41, 5.74) is 2.39. The van der Waals surface area contributed by atoms with E-state index in [1.54, 1.807) is 36.5 Å². The van der Waals surface area contributed by atoms with E-state index < -0.39 is 29.5 Å². The van der Waals surface area contributed by atoms with Gasteiger partial charge in [-0.15, -0.1) is 5.10 Å². The molecule has 222 valence electrons. The molecule has 1 atom stereocenters. The van der Waals surface area contributed by atoms with Crippen molar-refractivity contribution in [3.63, 3.8) is 0 Å². The summed E-state index contributed by atoms with van der Waals surface area (Å²) in [7, 11) is 0. The van der Waals surface area contributed by atoms with Gasteiger partial charge >= 0.3 is 0 Å². The number of amides is 1. The zero-order valence-electron chi connectivity index (χ0n) is 22.9. The summed E-state index contributed by atoms with van der Waals surface area (Å²) < 4.78 is 43.3. The second-order valence-electron chi connectivity index (χ2n) is 10.2. The van der Waals surface area contributed by atoms with Crippen molar-refractivity contribution in [3.05, 3.63) is 118 Å². The Labute approximate surface area is 253 Å². The highest BCUT2D eigenvalue weighted by molar-refractivity contribution is 6.31. The van der Waals surface area contributed by atoms with Crippen LogP contribution in [0.1, 0.15) is 43.1 Å². The fraction of sp³-hybridized carbons (Fsp3) is 0.161. The number of halogens is 4. The van der Waals surface area contributed by atoms with Crippen LogP contribution in [0.25, 0.3) is 28.1 Å². The van der Waals surface area contributed by atoms with Crippen LogP contribution in [0.3, 0.4) is 0 Å². The Balaban J connectivity index is 1.43. The van der Waals surface area contributed by atoms with Gasteiger partial charge < -0.3 is 5.32 Å². The first kappa shape index (κ1) is 29.0. The summed E-state index contributed by atoms with van der Waals surface area (Å²) in [5.74, 6) is -0.857. The van der Waals surface area contributed by atoms with Gasteiger partial charge in [0.2, 0.25) is 0 Å². The summed E-state index contributed by atoms with van der Waals surface area (Å²) in [6.45, 7) is 3.91. The van der Waals surface area contributed by atoms with Crippen LogP contribution in [-0.4, -0.2) is 35.4 Å². The van der Waals surface area contributed by atoms with Crippen LogP contribution in [-0.2, 0) is 4.79 Å². The zero-order valence-corrected chi connectivity index (χ0v) is 23.7. The number of hydrogen-bond donors (Lipinski definition) is 1. The van der Waals surface area contributed by atoms with Crippen LogP contribution in [0.4, 0.5) is 18.9 Å². The molecule has 1 N–H and O–H groups in total. The molecule has 0 aliphatic carbocycles. The average molecular weight is 618 g/mol. The molecular weight excluding hydrogens is 595 g/mol. The van der Waals surface area contributed by atoms with E-state index in [0.717, 1.165) is 6.20 Å². The van der Waals surface area contributed by atoms with E-state index in [1.165, 1.54) is 39.8 Å². The van der Waals surface area contributed by atoms with Crippen molar-refractivity contribution in [3.8, 4) is 28.1 Å². The van der Waals surface area contributed by atoms with Gasteiger partial charge in [0.1, 0.15) is 11.5 Å². The Morgan fingerprint density at radius 1 is 1.02 bits per heavy atom. The first-order valence-electron chi connectivity index (χ1n) is 13.5. The van der Waals surface area contributed by atoms with Crippen molar-refractivity contribution in [1.82, 2.24) is 29.5 Å². The Bertz CT molecular complexity index is 1970. The minimum atomic E-state index is -2.81. The molecule has 5 aromatic rings. The molecule has 44 heavy (non-hydrogen) atoms. The SMILES string of the molecule is C=C1CCC[C@H](n2cnc(-c3cc(Cl)ccc3-n3cc(C(F)F)nn3)cc2=O)c2cc(ccn2)-c2cc(F)ccc2NC1=O. The van der Waals surface area contributed by atoms with Gasteiger partial charge in [-0.1, -0.05) is 23.4 Å². The van der Waals surface area contributed by atoms with Gasteiger partial charge in [0, 0.05) is 39.7 Å². The van der Waals surface area contributed by atoms with Crippen molar-refractivity contribution < 1.29 is 18.0 Å². The second-order valence-corrected chi connectivity index (χ2v) is 10.6. The molecule has 0 saturated heterocycles. The van der Waals surface area contributed by atoms with Gasteiger partial charge in [-0.25, -0.2) is 22.8 Å². The van der Waals surface area contributed by atoms with Crippen LogP contribution < -0.4 is 10.9 Å². The standard InChI is InChI=1S/C31H23ClF3N7O2/c1-17-3-2-4-28(25-11-18(9-10-36-25)21-13-20(33)6-7-23(21)38-31(17)44)41-16-37-24(14-29(41)43)22-12-19(32)5-8-27(22)42-15-26(30(34)35)39-40-42/h5-16,28,30H,1-4H2,(H,38,44)/t28-/m0/s1. The number of alkyl halides is 2. The van der Waals surface area contributed by atoms with Gasteiger partial charge in [-0.05, 0) is 73.4 Å². The third-order valence-electron chi connectivity index (χ3n) is 7.33. The fourth-order valence-corrected chi connectivity index (χ4v) is 5.30. The Morgan fingerprint density at radius 2 is 1.86 bits per heavy atom. The molecule has 2 bridgehead atoms. The molecule has 13 heteroatoms. The van der Waals surface area contributed by atoms with Crippen molar-refractivity contribution in [1.29, 1.82) is 0 Å². The number of aromatic nitrogens is 6.